The van der Waals surface area contributed by atoms with Crippen molar-refractivity contribution < 1.29 is 40.1 Å². The molecule has 0 aliphatic rings. The first-order chi connectivity index (χ1) is 12.7. The van der Waals surface area contributed by atoms with E-state index in [1.165, 1.54) is 48.5 Å². The van der Waals surface area contributed by atoms with Gasteiger partial charge in [-0.05, 0) is 24.0 Å². The second-order valence-corrected chi connectivity index (χ2v) is 5.92. The van der Waals surface area contributed by atoms with Crippen LogP contribution in [0.4, 0.5) is 11.4 Å². The zero-order chi connectivity index (χ0) is 20.2. The molecule has 0 fully saturated rings. The summed E-state index contributed by atoms with van der Waals surface area (Å²) in [4.78, 5) is 44.6. The second-order valence-electron chi connectivity index (χ2n) is 5.92. The molecule has 0 atom stereocenters. The second kappa shape index (κ2) is 7.60. The van der Waals surface area contributed by atoms with Crippen molar-refractivity contribution in [3.63, 3.8) is 0 Å². The lowest BCUT2D eigenvalue weighted by molar-refractivity contribution is -0.729. The van der Waals surface area contributed by atoms with Gasteiger partial charge in [0.05, 0.1) is 9.81 Å². The van der Waals surface area contributed by atoms with Crippen molar-refractivity contribution in [3.05, 3.63) is 69.5 Å². The monoisotopic (exact) mass is 376 g/mol. The molecule has 0 aliphatic carbocycles. The summed E-state index contributed by atoms with van der Waals surface area (Å²) in [5.74, 6) is -3.10. The van der Waals surface area contributed by atoms with Gasteiger partial charge in [-0.2, -0.15) is 0 Å². The fourth-order valence-corrected chi connectivity index (χ4v) is 2.64. The Morgan fingerprint density at radius 3 is 1.22 bits per heavy atom. The molecule has 0 bridgehead atoms. The maximum atomic E-state index is 11.8. The Balaban J connectivity index is 2.37. The molecule has 0 amide bonds. The highest BCUT2D eigenvalue weighted by molar-refractivity contribution is 5.99. The zero-order valence-electron chi connectivity index (χ0n) is 13.8. The van der Waals surface area contributed by atoms with Crippen molar-refractivity contribution in [2.45, 2.75) is 12.8 Å². The molecule has 0 spiro atoms. The minimum atomic E-state index is -2.20. The summed E-state index contributed by atoms with van der Waals surface area (Å²) < 4.78 is 0. The highest BCUT2D eigenvalue weighted by atomic mass is 16.6. The fourth-order valence-electron chi connectivity index (χ4n) is 2.64. The van der Waals surface area contributed by atoms with Crippen molar-refractivity contribution in [2.75, 3.05) is 0 Å². The predicted molar refractivity (Wildman–Crippen MR) is 88.1 cm³/mol. The quantitative estimate of drug-likeness (QED) is 0.404. The van der Waals surface area contributed by atoms with Crippen LogP contribution in [0.1, 0.15) is 11.1 Å². The summed E-state index contributed by atoms with van der Waals surface area (Å²) in [6, 6.07) is 10.3. The molecule has 0 saturated heterocycles. The Kier molecular flexibility index (Phi) is 5.49. The van der Waals surface area contributed by atoms with Crippen LogP contribution in [0.15, 0.2) is 48.5 Å². The van der Waals surface area contributed by atoms with Gasteiger partial charge in [-0.3, -0.25) is 9.59 Å². The Hall–Kier alpha value is -3.82. The number of rotatable bonds is 8. The molecule has 2 aromatic rings. The minimum Gasteiger partial charge on any atom is -0.480 e. The van der Waals surface area contributed by atoms with E-state index in [9.17, 15) is 29.6 Å². The van der Waals surface area contributed by atoms with Crippen molar-refractivity contribution in [3.8, 4) is 0 Å². The normalized spacial score (nSPS) is 11.0. The van der Waals surface area contributed by atoms with E-state index < -0.39 is 17.4 Å². The van der Waals surface area contributed by atoms with Gasteiger partial charge in [0.25, 0.3) is 9.85 Å². The molecule has 0 radical (unpaired) electrons. The summed E-state index contributed by atoms with van der Waals surface area (Å²) in [5.41, 5.74) is -1.70. The van der Waals surface area contributed by atoms with E-state index in [-0.39, 0.29) is 34.1 Å². The Labute approximate surface area is 152 Å². The third kappa shape index (κ3) is 4.24. The molecule has 10 heteroatoms. The van der Waals surface area contributed by atoms with Crippen molar-refractivity contribution in [2.24, 2.45) is 5.41 Å². The Morgan fingerprint density at radius 1 is 0.704 bits per heavy atom. The molecule has 140 valence electrons. The molecule has 0 heterocycles. The van der Waals surface area contributed by atoms with Crippen LogP contribution >= 0.6 is 0 Å². The lowest BCUT2D eigenvalue weighted by atomic mass is 9.76. The molecule has 0 aromatic heterocycles. The maximum absolute atomic E-state index is 11.8. The van der Waals surface area contributed by atoms with Gasteiger partial charge in [-0.1, -0.05) is 24.3 Å². The minimum absolute atomic E-state index is 0.0863. The summed E-state index contributed by atoms with van der Waals surface area (Å²) >= 11 is 0. The molecule has 2 aromatic carbocycles. The van der Waals surface area contributed by atoms with E-state index in [0.717, 1.165) is 0 Å². The molecule has 0 unspecified atom stereocenters. The van der Waals surface area contributed by atoms with E-state index in [1.54, 1.807) is 0 Å². The van der Waals surface area contributed by atoms with Gasteiger partial charge in [0.2, 0.25) is 0 Å². The van der Waals surface area contributed by atoms with Crippen LogP contribution in [0.2, 0.25) is 0 Å². The largest absolute Gasteiger partial charge is 0.480 e. The third-order valence-corrected chi connectivity index (χ3v) is 4.15. The van der Waals surface area contributed by atoms with Crippen LogP contribution in [0.3, 0.4) is 0 Å². The highest BCUT2D eigenvalue weighted by Crippen LogP contribution is 2.30. The fraction of sp³-hybridized carbons (Fsp3) is 0.176. The Bertz CT molecular complexity index is 815. The van der Waals surface area contributed by atoms with E-state index in [0.29, 0.717) is 11.1 Å². The summed E-state index contributed by atoms with van der Waals surface area (Å²) in [6.07, 6.45) is -0.755. The molecule has 0 saturated carbocycles. The SMILES string of the molecule is O=C(O)C(Cc1ccc([N+](=O)O)cc1)(Cc1ccc([N+](=O)O)cc1)C(=O)O. The smallest absolute Gasteiger partial charge is 0.321 e. The van der Waals surface area contributed by atoms with Gasteiger partial charge in [0, 0.05) is 24.3 Å². The number of benzene rings is 2. The summed E-state index contributed by atoms with van der Waals surface area (Å²) in [7, 11) is 0. The van der Waals surface area contributed by atoms with E-state index in [4.69, 9.17) is 10.4 Å². The first kappa shape index (κ1) is 19.5. The van der Waals surface area contributed by atoms with Gasteiger partial charge >= 0.3 is 23.3 Å². The number of hydrogen-bond donors (Lipinski definition) is 4. The molecule has 27 heavy (non-hydrogen) atoms. The van der Waals surface area contributed by atoms with Crippen LogP contribution in [-0.2, 0) is 22.4 Å². The average molecular weight is 376 g/mol. The number of nitrogens with zero attached hydrogens (tertiary/aromatic N) is 2. The van der Waals surface area contributed by atoms with Gasteiger partial charge < -0.3 is 10.2 Å². The van der Waals surface area contributed by atoms with Crippen molar-refractivity contribution in [1.82, 2.24) is 0 Å². The predicted octanol–water partition coefficient (Wildman–Crippen LogP) is 2.23. The number of aliphatic carboxylic acids is 2. The van der Waals surface area contributed by atoms with Crippen molar-refractivity contribution >= 4 is 23.3 Å². The van der Waals surface area contributed by atoms with Crippen LogP contribution in [0.5, 0.6) is 0 Å². The lowest BCUT2D eigenvalue weighted by Gasteiger charge is -2.25. The molecule has 4 N–H and O–H groups in total. The summed E-state index contributed by atoms with van der Waals surface area (Å²) in [5, 5.41) is 36.9. The van der Waals surface area contributed by atoms with E-state index >= 15 is 0 Å². The number of hydrogen-bond acceptors (Lipinski definition) is 4. The van der Waals surface area contributed by atoms with Crippen LogP contribution in [0.25, 0.3) is 0 Å². The molecule has 2 rings (SSSR count). The number of carbonyl (C=O) groups is 2. The lowest BCUT2D eigenvalue weighted by Crippen LogP contribution is -2.43. The molecule has 10 nitrogen and oxygen atoms in total. The molecular formula is C17H16N2O8+2. The average Bonchev–Trinajstić information content (AvgIpc) is 2.61. The molecule has 0 aliphatic heterocycles. The van der Waals surface area contributed by atoms with Gasteiger partial charge in [0.15, 0.2) is 5.41 Å². The highest BCUT2D eigenvalue weighted by Gasteiger charge is 2.46. The topological polar surface area (TPSA) is 155 Å². The Morgan fingerprint density at radius 2 is 1.00 bits per heavy atom. The third-order valence-electron chi connectivity index (χ3n) is 4.15. The van der Waals surface area contributed by atoms with E-state index in [2.05, 4.69) is 0 Å². The van der Waals surface area contributed by atoms with Crippen LogP contribution in [0, 0.1) is 15.2 Å². The van der Waals surface area contributed by atoms with Gasteiger partial charge in [-0.25, -0.2) is 10.4 Å². The summed E-state index contributed by atoms with van der Waals surface area (Å²) in [6.45, 7) is 0. The van der Waals surface area contributed by atoms with Gasteiger partial charge in [-0.15, -0.1) is 0 Å². The van der Waals surface area contributed by atoms with Crippen LogP contribution < -0.4 is 0 Å². The van der Waals surface area contributed by atoms with Gasteiger partial charge in [0.1, 0.15) is 0 Å². The molecular weight excluding hydrogens is 360 g/mol. The number of carboxylic acids is 2. The standard InChI is InChI=1S/C17H14N2O8/c20-15(21)17(16(22)23,9-11-1-5-13(6-2-11)18(24)25)10-12-3-7-14(8-4-12)19(26)27/h1-8H,9-10H2,(H2-2,20,21,22,23,24,25,26,27)/p+2. The van der Waals surface area contributed by atoms with Crippen molar-refractivity contribution in [1.29, 1.82) is 0 Å². The maximum Gasteiger partial charge on any atom is 0.321 e. The van der Waals surface area contributed by atoms with Crippen LogP contribution in [-0.4, -0.2) is 42.4 Å². The first-order valence-electron chi connectivity index (χ1n) is 7.62. The zero-order valence-corrected chi connectivity index (χ0v) is 13.8. The van der Waals surface area contributed by atoms with E-state index in [1.807, 2.05) is 0 Å². The number of carboxylic acid groups (broad SMARTS) is 2. The first-order valence-corrected chi connectivity index (χ1v) is 7.62.